The van der Waals surface area contributed by atoms with Crippen molar-refractivity contribution in [3.8, 4) is 0 Å². The summed E-state index contributed by atoms with van der Waals surface area (Å²) >= 11 is 6.29. The van der Waals surface area contributed by atoms with Crippen LogP contribution in [0.25, 0.3) is 0 Å². The quantitative estimate of drug-likeness (QED) is 0.734. The summed E-state index contributed by atoms with van der Waals surface area (Å²) in [5, 5.41) is 3.82. The highest BCUT2D eigenvalue weighted by Gasteiger charge is 2.16. The zero-order valence-corrected chi connectivity index (χ0v) is 14.8. The van der Waals surface area contributed by atoms with Crippen LogP contribution in [0, 0.1) is 0 Å². The molecular formula is C20H24ClNO. The predicted molar refractivity (Wildman–Crippen MR) is 98.3 cm³/mol. The van der Waals surface area contributed by atoms with Crippen molar-refractivity contribution in [1.82, 2.24) is 0 Å². The lowest BCUT2D eigenvalue weighted by Crippen LogP contribution is -2.17. The molecule has 1 N–H and O–H groups in total. The molecule has 0 aliphatic rings. The van der Waals surface area contributed by atoms with Crippen molar-refractivity contribution >= 4 is 23.2 Å². The maximum atomic E-state index is 12.5. The Hall–Kier alpha value is -1.80. The van der Waals surface area contributed by atoms with Crippen molar-refractivity contribution in [3.05, 3.63) is 64.2 Å². The van der Waals surface area contributed by atoms with E-state index < -0.39 is 0 Å². The minimum atomic E-state index is 0.0352. The number of amides is 1. The van der Waals surface area contributed by atoms with E-state index in [1.807, 2.05) is 30.3 Å². The van der Waals surface area contributed by atoms with Crippen molar-refractivity contribution in [2.24, 2.45) is 0 Å². The van der Waals surface area contributed by atoms with Gasteiger partial charge in [-0.15, -0.1) is 0 Å². The van der Waals surface area contributed by atoms with Crippen LogP contribution in [0.2, 0.25) is 5.02 Å². The normalized spacial score (nSPS) is 12.0. The fourth-order valence-electron chi connectivity index (χ4n) is 2.83. The van der Waals surface area contributed by atoms with Crippen molar-refractivity contribution in [2.45, 2.75) is 46.0 Å². The Balaban J connectivity index is 2.15. The van der Waals surface area contributed by atoms with Crippen LogP contribution >= 0.6 is 11.6 Å². The third kappa shape index (κ3) is 4.35. The molecule has 1 amide bonds. The Labute approximate surface area is 143 Å². The van der Waals surface area contributed by atoms with E-state index in [1.165, 1.54) is 5.56 Å². The van der Waals surface area contributed by atoms with E-state index in [0.29, 0.717) is 6.42 Å². The first kappa shape index (κ1) is 17.6. The van der Waals surface area contributed by atoms with Gasteiger partial charge < -0.3 is 5.32 Å². The third-order valence-electron chi connectivity index (χ3n) is 4.20. The molecule has 2 aromatic rings. The first-order valence-electron chi connectivity index (χ1n) is 8.21. The fourth-order valence-corrected chi connectivity index (χ4v) is 3.13. The minimum absolute atomic E-state index is 0.0352. The second-order valence-electron chi connectivity index (χ2n) is 5.83. The summed E-state index contributed by atoms with van der Waals surface area (Å²) in [7, 11) is 0. The Morgan fingerprint density at radius 3 is 2.39 bits per heavy atom. The number of carbonyl (C=O) groups is 1. The van der Waals surface area contributed by atoms with E-state index in [0.717, 1.165) is 34.7 Å². The van der Waals surface area contributed by atoms with Crippen LogP contribution in [0.4, 0.5) is 5.69 Å². The van der Waals surface area contributed by atoms with Gasteiger partial charge in [0.15, 0.2) is 0 Å². The Kier molecular flexibility index (Phi) is 6.23. The van der Waals surface area contributed by atoms with Crippen molar-refractivity contribution in [1.29, 1.82) is 0 Å². The molecule has 0 bridgehead atoms. The van der Waals surface area contributed by atoms with Gasteiger partial charge in [-0.05, 0) is 41.5 Å². The van der Waals surface area contributed by atoms with Crippen molar-refractivity contribution < 1.29 is 4.79 Å². The maximum Gasteiger partial charge on any atom is 0.224 e. The Morgan fingerprint density at radius 2 is 1.78 bits per heavy atom. The lowest BCUT2D eigenvalue weighted by atomic mass is 9.97. The summed E-state index contributed by atoms with van der Waals surface area (Å²) < 4.78 is 0. The van der Waals surface area contributed by atoms with Gasteiger partial charge in [-0.1, -0.05) is 68.8 Å². The van der Waals surface area contributed by atoms with Crippen molar-refractivity contribution in [3.63, 3.8) is 0 Å². The molecule has 0 heterocycles. The number of nitrogens with one attached hydrogen (secondary N) is 1. The number of hydrogen-bond acceptors (Lipinski definition) is 1. The largest absolute Gasteiger partial charge is 0.326 e. The standard InChI is InChI=1S/C20H24ClNO/c1-4-15-11-12-18(21)17(5-2)20(15)22-19(23)13-14(3)16-9-7-6-8-10-16/h6-12,14H,4-5,13H2,1-3H3,(H,22,23)/t14-/m0/s1. The summed E-state index contributed by atoms with van der Waals surface area (Å²) in [6, 6.07) is 14.0. The first-order valence-corrected chi connectivity index (χ1v) is 8.59. The maximum absolute atomic E-state index is 12.5. The highest BCUT2D eigenvalue weighted by Crippen LogP contribution is 2.30. The number of anilines is 1. The van der Waals surface area contributed by atoms with E-state index in [9.17, 15) is 4.79 Å². The molecule has 23 heavy (non-hydrogen) atoms. The molecule has 0 fully saturated rings. The topological polar surface area (TPSA) is 29.1 Å². The summed E-state index contributed by atoms with van der Waals surface area (Å²) in [6.45, 7) is 6.22. The number of rotatable bonds is 6. The van der Waals surface area contributed by atoms with Crippen LogP contribution < -0.4 is 5.32 Å². The zero-order chi connectivity index (χ0) is 16.8. The van der Waals surface area contributed by atoms with Gasteiger partial charge in [-0.3, -0.25) is 4.79 Å². The van der Waals surface area contributed by atoms with Crippen LogP contribution in [0.3, 0.4) is 0 Å². The second-order valence-corrected chi connectivity index (χ2v) is 6.24. The lowest BCUT2D eigenvalue weighted by Gasteiger charge is -2.17. The molecule has 0 aromatic heterocycles. The predicted octanol–water partition coefficient (Wildman–Crippen LogP) is 5.60. The molecule has 0 aliphatic heterocycles. The fraction of sp³-hybridized carbons (Fsp3) is 0.350. The van der Waals surface area contributed by atoms with Gasteiger partial charge >= 0.3 is 0 Å². The van der Waals surface area contributed by atoms with Crippen LogP contribution in [-0.4, -0.2) is 5.91 Å². The summed E-state index contributed by atoms with van der Waals surface area (Å²) in [6.07, 6.45) is 2.13. The molecule has 0 unspecified atom stereocenters. The first-order chi connectivity index (χ1) is 11.1. The van der Waals surface area contributed by atoms with Gasteiger partial charge in [0.1, 0.15) is 0 Å². The number of benzene rings is 2. The zero-order valence-electron chi connectivity index (χ0n) is 14.0. The SMILES string of the molecule is CCc1ccc(Cl)c(CC)c1NC(=O)C[C@H](C)c1ccccc1. The molecule has 2 rings (SSSR count). The third-order valence-corrected chi connectivity index (χ3v) is 4.56. The molecular weight excluding hydrogens is 306 g/mol. The molecule has 2 nitrogen and oxygen atoms in total. The van der Waals surface area contributed by atoms with Gasteiger partial charge in [0.2, 0.25) is 5.91 Å². The minimum Gasteiger partial charge on any atom is -0.326 e. The van der Waals surface area contributed by atoms with Crippen molar-refractivity contribution in [2.75, 3.05) is 5.32 Å². The van der Waals surface area contributed by atoms with Gasteiger partial charge in [-0.2, -0.15) is 0 Å². The summed E-state index contributed by atoms with van der Waals surface area (Å²) in [5.74, 6) is 0.221. The molecule has 2 aromatic carbocycles. The van der Waals surface area contributed by atoms with E-state index >= 15 is 0 Å². The van der Waals surface area contributed by atoms with Crippen LogP contribution in [0.1, 0.15) is 49.8 Å². The lowest BCUT2D eigenvalue weighted by molar-refractivity contribution is -0.116. The summed E-state index contributed by atoms with van der Waals surface area (Å²) in [4.78, 5) is 12.5. The van der Waals surface area contributed by atoms with E-state index in [-0.39, 0.29) is 11.8 Å². The smallest absolute Gasteiger partial charge is 0.224 e. The molecule has 0 saturated heterocycles. The Morgan fingerprint density at radius 1 is 1.09 bits per heavy atom. The average molecular weight is 330 g/mol. The van der Waals surface area contributed by atoms with Gasteiger partial charge in [0, 0.05) is 17.1 Å². The molecule has 1 atom stereocenters. The monoisotopic (exact) mass is 329 g/mol. The molecule has 0 saturated carbocycles. The van der Waals surface area contributed by atoms with Gasteiger partial charge in [-0.25, -0.2) is 0 Å². The van der Waals surface area contributed by atoms with Gasteiger partial charge in [0.25, 0.3) is 0 Å². The van der Waals surface area contributed by atoms with Crippen LogP contribution in [0.5, 0.6) is 0 Å². The number of aryl methyl sites for hydroxylation is 1. The highest BCUT2D eigenvalue weighted by atomic mass is 35.5. The van der Waals surface area contributed by atoms with E-state index in [2.05, 4.69) is 38.2 Å². The van der Waals surface area contributed by atoms with Crippen LogP contribution in [0.15, 0.2) is 42.5 Å². The molecule has 0 spiro atoms. The molecule has 3 heteroatoms. The second kappa shape index (κ2) is 8.16. The van der Waals surface area contributed by atoms with Crippen LogP contribution in [-0.2, 0) is 17.6 Å². The Bertz CT molecular complexity index is 667. The molecule has 122 valence electrons. The molecule has 0 radical (unpaired) electrons. The van der Waals surface area contributed by atoms with E-state index in [4.69, 9.17) is 11.6 Å². The van der Waals surface area contributed by atoms with E-state index in [1.54, 1.807) is 0 Å². The number of hydrogen-bond donors (Lipinski definition) is 1. The number of halogens is 1. The number of carbonyl (C=O) groups excluding carboxylic acids is 1. The molecule has 0 aliphatic carbocycles. The highest BCUT2D eigenvalue weighted by molar-refractivity contribution is 6.32. The average Bonchev–Trinajstić information content (AvgIpc) is 2.56. The summed E-state index contributed by atoms with van der Waals surface area (Å²) in [5.41, 5.74) is 4.23. The van der Waals surface area contributed by atoms with Gasteiger partial charge in [0.05, 0.1) is 0 Å².